The van der Waals surface area contributed by atoms with Crippen molar-refractivity contribution in [3.8, 4) is 0 Å². The van der Waals surface area contributed by atoms with Crippen LogP contribution in [0.5, 0.6) is 0 Å². The van der Waals surface area contributed by atoms with Gasteiger partial charge in [-0.2, -0.15) is 0 Å². The summed E-state index contributed by atoms with van der Waals surface area (Å²) in [6.45, 7) is 5.06. The molecule has 12 heteroatoms. The number of aliphatic imine (C=N–C) groups is 1. The van der Waals surface area contributed by atoms with Crippen LogP contribution in [0, 0.1) is 24.0 Å². The van der Waals surface area contributed by atoms with Crippen LogP contribution < -0.4 is 15.4 Å². The number of rotatable bonds is 9. The Morgan fingerprint density at radius 3 is 2.59 bits per heavy atom. The zero-order chi connectivity index (χ0) is 21.4. The van der Waals surface area contributed by atoms with Gasteiger partial charge in [-0.25, -0.2) is 18.1 Å². The van der Waals surface area contributed by atoms with Gasteiger partial charge in [-0.3, -0.25) is 15.1 Å². The van der Waals surface area contributed by atoms with E-state index >= 15 is 0 Å². The number of hydrogen-bond donors (Lipinski definition) is 3. The first-order valence-corrected chi connectivity index (χ1v) is 11.1. The number of nitro benzene ring substituents is 1. The minimum atomic E-state index is -3.84. The molecule has 0 fully saturated rings. The van der Waals surface area contributed by atoms with E-state index in [-0.39, 0.29) is 17.1 Å². The first-order chi connectivity index (χ1) is 13.7. The van der Waals surface area contributed by atoms with Gasteiger partial charge >= 0.3 is 0 Å². The second kappa shape index (κ2) is 10.3. The summed E-state index contributed by atoms with van der Waals surface area (Å²) < 4.78 is 26.9. The Hall–Kier alpha value is -2.57. The molecule has 2 aromatic rings. The van der Waals surface area contributed by atoms with E-state index in [1.54, 1.807) is 18.4 Å². The molecule has 0 radical (unpaired) electrons. The number of nitrogens with one attached hydrogen (secondary N) is 3. The summed E-state index contributed by atoms with van der Waals surface area (Å²) in [4.78, 5) is 19.8. The highest BCUT2D eigenvalue weighted by atomic mass is 32.2. The van der Waals surface area contributed by atoms with Crippen molar-refractivity contribution < 1.29 is 13.3 Å². The summed E-state index contributed by atoms with van der Waals surface area (Å²) in [7, 11) is -2.21. The first kappa shape index (κ1) is 22.7. The number of sulfonamides is 1. The average molecular weight is 441 g/mol. The molecule has 29 heavy (non-hydrogen) atoms. The molecule has 0 saturated carbocycles. The zero-order valence-corrected chi connectivity index (χ0v) is 18.1. The van der Waals surface area contributed by atoms with Crippen LogP contribution >= 0.6 is 11.3 Å². The van der Waals surface area contributed by atoms with E-state index in [0.717, 1.165) is 23.2 Å². The average Bonchev–Trinajstić information content (AvgIpc) is 3.01. The minimum absolute atomic E-state index is 0.0938. The third-order valence-corrected chi connectivity index (χ3v) is 6.57. The predicted molar refractivity (Wildman–Crippen MR) is 113 cm³/mol. The van der Waals surface area contributed by atoms with E-state index in [0.29, 0.717) is 19.0 Å². The largest absolute Gasteiger partial charge is 0.356 e. The maximum absolute atomic E-state index is 12.3. The molecule has 0 atom stereocenters. The molecule has 0 aliphatic carbocycles. The van der Waals surface area contributed by atoms with E-state index in [1.807, 2.05) is 13.8 Å². The molecule has 0 amide bonds. The smallest absolute Gasteiger partial charge is 0.270 e. The number of aryl methyl sites for hydroxylation is 2. The molecule has 0 spiro atoms. The number of thiazole rings is 1. The summed E-state index contributed by atoms with van der Waals surface area (Å²) in [5, 5.41) is 18.0. The molecule has 1 heterocycles. The fourth-order valence-corrected chi connectivity index (χ4v) is 4.37. The molecule has 0 bridgehead atoms. The van der Waals surface area contributed by atoms with Crippen molar-refractivity contribution in [1.82, 2.24) is 20.3 Å². The van der Waals surface area contributed by atoms with E-state index < -0.39 is 14.9 Å². The summed E-state index contributed by atoms with van der Waals surface area (Å²) in [5.41, 5.74) is 0.768. The Bertz CT molecular complexity index is 968. The van der Waals surface area contributed by atoms with Gasteiger partial charge in [0.2, 0.25) is 10.0 Å². The van der Waals surface area contributed by atoms with Crippen molar-refractivity contribution in [3.63, 3.8) is 0 Å². The highest BCUT2D eigenvalue weighted by Gasteiger charge is 2.17. The van der Waals surface area contributed by atoms with Crippen molar-refractivity contribution in [3.05, 3.63) is 50.0 Å². The van der Waals surface area contributed by atoms with Gasteiger partial charge in [0.05, 0.1) is 20.5 Å². The number of hydrogen-bond acceptors (Lipinski definition) is 7. The number of nitrogens with zero attached hydrogens (tertiary/aromatic N) is 3. The lowest BCUT2D eigenvalue weighted by molar-refractivity contribution is -0.385. The molecule has 10 nitrogen and oxygen atoms in total. The number of aromatic nitrogens is 1. The molecule has 0 aliphatic rings. The summed E-state index contributed by atoms with van der Waals surface area (Å²) >= 11 is 1.67. The fraction of sp³-hybridized carbons (Fsp3) is 0.412. The summed E-state index contributed by atoms with van der Waals surface area (Å²) in [6, 6.07) is 4.91. The Balaban J connectivity index is 1.77. The molecular weight excluding hydrogens is 416 g/mol. The molecule has 1 aromatic heterocycles. The van der Waals surface area contributed by atoms with Gasteiger partial charge in [0.1, 0.15) is 0 Å². The van der Waals surface area contributed by atoms with E-state index in [9.17, 15) is 18.5 Å². The van der Waals surface area contributed by atoms with Gasteiger partial charge in [-0.15, -0.1) is 11.3 Å². The van der Waals surface area contributed by atoms with Crippen molar-refractivity contribution in [2.75, 3.05) is 26.7 Å². The number of nitro groups is 1. The Labute approximate surface area is 173 Å². The lowest BCUT2D eigenvalue weighted by atomic mass is 10.3. The van der Waals surface area contributed by atoms with Crippen molar-refractivity contribution in [1.29, 1.82) is 0 Å². The van der Waals surface area contributed by atoms with Gasteiger partial charge in [-0.05, 0) is 19.9 Å². The lowest BCUT2D eigenvalue weighted by Crippen LogP contribution is -2.42. The molecule has 158 valence electrons. The van der Waals surface area contributed by atoms with Gasteiger partial charge in [0.25, 0.3) is 5.69 Å². The quantitative estimate of drug-likeness (QED) is 0.176. The zero-order valence-electron chi connectivity index (χ0n) is 16.4. The number of guanidine groups is 1. The monoisotopic (exact) mass is 440 g/mol. The summed E-state index contributed by atoms with van der Waals surface area (Å²) in [5.74, 6) is 0.546. The normalized spacial score (nSPS) is 12.0. The third kappa shape index (κ3) is 6.76. The molecule has 0 unspecified atom stereocenters. The highest BCUT2D eigenvalue weighted by Crippen LogP contribution is 2.17. The van der Waals surface area contributed by atoms with Crippen LogP contribution in [0.1, 0.15) is 15.6 Å². The van der Waals surface area contributed by atoms with Crippen LogP contribution in [0.4, 0.5) is 5.69 Å². The molecular formula is C17H24N6O4S2. The predicted octanol–water partition coefficient (Wildman–Crippen LogP) is 1.35. The van der Waals surface area contributed by atoms with Crippen molar-refractivity contribution >= 4 is 33.0 Å². The second-order valence-corrected chi connectivity index (χ2v) is 9.13. The maximum Gasteiger partial charge on any atom is 0.270 e. The van der Waals surface area contributed by atoms with Crippen LogP contribution in [-0.4, -0.2) is 51.0 Å². The minimum Gasteiger partial charge on any atom is -0.356 e. The van der Waals surface area contributed by atoms with Gasteiger partial charge in [0, 0.05) is 50.1 Å². The van der Waals surface area contributed by atoms with Crippen LogP contribution in [0.2, 0.25) is 0 Å². The van der Waals surface area contributed by atoms with E-state index in [2.05, 4.69) is 25.3 Å². The Kier molecular flexibility index (Phi) is 8.05. The molecule has 0 saturated heterocycles. The van der Waals surface area contributed by atoms with Crippen molar-refractivity contribution in [2.24, 2.45) is 4.99 Å². The topological polar surface area (TPSA) is 139 Å². The number of non-ortho nitro benzene ring substituents is 1. The SMILES string of the molecule is CN=C(NCCNS(=O)(=O)c1cccc([N+](=O)[O-])c1)NCCc1nc(C)c(C)s1. The molecule has 0 aliphatic heterocycles. The van der Waals surface area contributed by atoms with Crippen LogP contribution in [0.15, 0.2) is 34.2 Å². The van der Waals surface area contributed by atoms with E-state index in [4.69, 9.17) is 0 Å². The van der Waals surface area contributed by atoms with Gasteiger partial charge in [0.15, 0.2) is 5.96 Å². The lowest BCUT2D eigenvalue weighted by Gasteiger charge is -2.12. The van der Waals surface area contributed by atoms with Crippen LogP contribution in [-0.2, 0) is 16.4 Å². The molecule has 3 N–H and O–H groups in total. The number of benzene rings is 1. The van der Waals surface area contributed by atoms with Gasteiger partial charge in [-0.1, -0.05) is 6.07 Å². The standard InChI is InChI=1S/C17H24N6O4S2/c1-12-13(2)28-16(22-12)7-8-19-17(18-3)20-9-10-21-29(26,27)15-6-4-5-14(11-15)23(24)25/h4-6,11,21H,7-10H2,1-3H3,(H2,18,19,20). The van der Waals surface area contributed by atoms with Crippen molar-refractivity contribution in [2.45, 2.75) is 25.2 Å². The fourth-order valence-electron chi connectivity index (χ4n) is 2.37. The first-order valence-electron chi connectivity index (χ1n) is 8.84. The Morgan fingerprint density at radius 2 is 1.97 bits per heavy atom. The maximum atomic E-state index is 12.3. The van der Waals surface area contributed by atoms with Gasteiger partial charge < -0.3 is 10.6 Å². The Morgan fingerprint density at radius 1 is 1.24 bits per heavy atom. The van der Waals surface area contributed by atoms with E-state index in [1.165, 1.54) is 23.1 Å². The van der Waals surface area contributed by atoms with Crippen LogP contribution in [0.3, 0.4) is 0 Å². The molecule has 2 rings (SSSR count). The second-order valence-electron chi connectivity index (χ2n) is 6.08. The third-order valence-electron chi connectivity index (χ3n) is 3.98. The van der Waals surface area contributed by atoms with Crippen LogP contribution in [0.25, 0.3) is 0 Å². The molecule has 1 aromatic carbocycles. The highest BCUT2D eigenvalue weighted by molar-refractivity contribution is 7.89. The summed E-state index contributed by atoms with van der Waals surface area (Å²) in [6.07, 6.45) is 0.763.